The van der Waals surface area contributed by atoms with Crippen LogP contribution in [0.2, 0.25) is 0 Å². The number of rotatable bonds is 2. The maximum atomic E-state index is 12.2. The third-order valence-electron chi connectivity index (χ3n) is 1.53. The van der Waals surface area contributed by atoms with E-state index < -0.39 is 6.43 Å². The van der Waals surface area contributed by atoms with Gasteiger partial charge in [-0.1, -0.05) is 0 Å². The molecule has 0 amide bonds. The summed E-state index contributed by atoms with van der Waals surface area (Å²) in [6.45, 7) is 0. The third-order valence-corrected chi connectivity index (χ3v) is 1.53. The molecule has 1 aromatic heterocycles. The van der Waals surface area contributed by atoms with Crippen LogP contribution in [-0.4, -0.2) is 22.1 Å². The number of halogens is 2. The van der Waals surface area contributed by atoms with Gasteiger partial charge in [-0.25, -0.2) is 13.8 Å². The minimum Gasteiger partial charge on any atom is -0.390 e. The SMILES string of the molecule is Cn1nc(C(F)F)cc1/N=C(N)/N=C\N. The molecule has 1 aromatic rings. The lowest BCUT2D eigenvalue weighted by molar-refractivity contribution is 0.145. The summed E-state index contributed by atoms with van der Waals surface area (Å²) in [4.78, 5) is 7.20. The molecule has 15 heavy (non-hydrogen) atoms. The summed E-state index contributed by atoms with van der Waals surface area (Å²) in [7, 11) is 1.48. The lowest BCUT2D eigenvalue weighted by Crippen LogP contribution is -2.10. The highest BCUT2D eigenvalue weighted by atomic mass is 19.3. The molecule has 1 rings (SSSR count). The number of guanidine groups is 1. The van der Waals surface area contributed by atoms with Crippen molar-refractivity contribution in [3.05, 3.63) is 11.8 Å². The van der Waals surface area contributed by atoms with Crippen molar-refractivity contribution in [2.24, 2.45) is 28.5 Å². The molecule has 0 atom stereocenters. The number of alkyl halides is 2. The highest BCUT2D eigenvalue weighted by molar-refractivity contribution is 5.87. The molecular weight excluding hydrogens is 206 g/mol. The van der Waals surface area contributed by atoms with E-state index in [1.807, 2.05) is 0 Å². The second-order valence-corrected chi connectivity index (χ2v) is 2.60. The van der Waals surface area contributed by atoms with Gasteiger partial charge in [0.1, 0.15) is 5.69 Å². The predicted octanol–water partition coefficient (Wildman–Crippen LogP) is 0.291. The molecule has 0 saturated heterocycles. The molecule has 0 aliphatic rings. The largest absolute Gasteiger partial charge is 0.390 e. The molecule has 0 aliphatic heterocycles. The maximum absolute atomic E-state index is 12.2. The Hall–Kier alpha value is -1.99. The van der Waals surface area contributed by atoms with Gasteiger partial charge in [0, 0.05) is 13.1 Å². The Morgan fingerprint density at radius 3 is 2.80 bits per heavy atom. The summed E-state index contributed by atoms with van der Waals surface area (Å²) in [5.74, 6) is 0.0646. The lowest BCUT2D eigenvalue weighted by Gasteiger charge is -1.93. The van der Waals surface area contributed by atoms with Crippen LogP contribution in [-0.2, 0) is 7.05 Å². The average molecular weight is 216 g/mol. The van der Waals surface area contributed by atoms with E-state index in [2.05, 4.69) is 15.1 Å². The number of hydrogen-bond acceptors (Lipinski definition) is 2. The van der Waals surface area contributed by atoms with E-state index in [9.17, 15) is 8.78 Å². The Morgan fingerprint density at radius 1 is 1.67 bits per heavy atom. The van der Waals surface area contributed by atoms with Crippen molar-refractivity contribution < 1.29 is 8.78 Å². The molecule has 6 nitrogen and oxygen atoms in total. The van der Waals surface area contributed by atoms with E-state index in [4.69, 9.17) is 11.5 Å². The maximum Gasteiger partial charge on any atom is 0.282 e. The van der Waals surface area contributed by atoms with E-state index >= 15 is 0 Å². The van der Waals surface area contributed by atoms with Gasteiger partial charge in [0.15, 0.2) is 5.82 Å². The van der Waals surface area contributed by atoms with Crippen LogP contribution < -0.4 is 11.5 Å². The fraction of sp³-hybridized carbons (Fsp3) is 0.286. The van der Waals surface area contributed by atoms with Crippen molar-refractivity contribution in [3.63, 3.8) is 0 Å². The summed E-state index contributed by atoms with van der Waals surface area (Å²) < 4.78 is 25.7. The standard InChI is InChI=1S/C7H10F2N6/c1-15-5(13-7(11)12-3-10)2-4(14-15)6(8)9/h2-3,6H,1H3,(H4,10,11,12,13). The Balaban J connectivity index is 3.00. The van der Waals surface area contributed by atoms with E-state index in [0.29, 0.717) is 0 Å². The van der Waals surface area contributed by atoms with E-state index in [0.717, 1.165) is 12.4 Å². The van der Waals surface area contributed by atoms with Crippen LogP contribution in [0.3, 0.4) is 0 Å². The van der Waals surface area contributed by atoms with Crippen LogP contribution in [0.15, 0.2) is 16.1 Å². The monoisotopic (exact) mass is 216 g/mol. The van der Waals surface area contributed by atoms with Crippen molar-refractivity contribution in [2.75, 3.05) is 0 Å². The molecule has 0 bridgehead atoms. The smallest absolute Gasteiger partial charge is 0.282 e. The van der Waals surface area contributed by atoms with Crippen LogP contribution >= 0.6 is 0 Å². The van der Waals surface area contributed by atoms with Crippen LogP contribution in [0, 0.1) is 0 Å². The first kappa shape index (κ1) is 11.1. The highest BCUT2D eigenvalue weighted by Gasteiger charge is 2.13. The van der Waals surface area contributed by atoms with Crippen LogP contribution in [0.1, 0.15) is 12.1 Å². The topological polar surface area (TPSA) is 94.6 Å². The second kappa shape index (κ2) is 4.49. The quantitative estimate of drug-likeness (QED) is 0.549. The number of nitrogens with zero attached hydrogens (tertiary/aromatic N) is 4. The van der Waals surface area contributed by atoms with Gasteiger partial charge < -0.3 is 11.5 Å². The predicted molar refractivity (Wildman–Crippen MR) is 52.1 cm³/mol. The van der Waals surface area contributed by atoms with E-state index in [1.54, 1.807) is 0 Å². The number of nitrogens with two attached hydrogens (primary N) is 2. The summed E-state index contributed by atoms with van der Waals surface area (Å²) in [5.41, 5.74) is 9.93. The van der Waals surface area contributed by atoms with Gasteiger partial charge in [-0.2, -0.15) is 10.1 Å². The Kier molecular flexibility index (Phi) is 3.32. The van der Waals surface area contributed by atoms with Gasteiger partial charge >= 0.3 is 0 Å². The Morgan fingerprint density at radius 2 is 2.33 bits per heavy atom. The van der Waals surface area contributed by atoms with Gasteiger partial charge in [-0.3, -0.25) is 4.68 Å². The van der Waals surface area contributed by atoms with Gasteiger partial charge in [-0.15, -0.1) is 0 Å². The summed E-state index contributed by atoms with van der Waals surface area (Å²) in [6.07, 6.45) is -1.68. The lowest BCUT2D eigenvalue weighted by atomic mass is 10.4. The van der Waals surface area contributed by atoms with Gasteiger partial charge in [-0.05, 0) is 0 Å². The number of hydrogen-bond donors (Lipinski definition) is 2. The van der Waals surface area contributed by atoms with Gasteiger partial charge in [0.25, 0.3) is 6.43 Å². The molecule has 82 valence electrons. The first-order valence-electron chi connectivity index (χ1n) is 3.95. The van der Waals surface area contributed by atoms with E-state index in [1.165, 1.54) is 11.7 Å². The molecule has 0 aliphatic carbocycles. The molecule has 1 heterocycles. The van der Waals surface area contributed by atoms with Crippen molar-refractivity contribution in [1.29, 1.82) is 0 Å². The first-order valence-corrected chi connectivity index (χ1v) is 3.95. The molecule has 0 aromatic carbocycles. The second-order valence-electron chi connectivity index (χ2n) is 2.60. The van der Waals surface area contributed by atoms with E-state index in [-0.39, 0.29) is 17.5 Å². The van der Waals surface area contributed by atoms with Gasteiger partial charge in [0.2, 0.25) is 5.96 Å². The fourth-order valence-corrected chi connectivity index (χ4v) is 0.913. The molecule has 0 unspecified atom stereocenters. The number of aryl methyl sites for hydroxylation is 1. The molecule has 0 radical (unpaired) electrons. The molecule has 8 heteroatoms. The van der Waals surface area contributed by atoms with Crippen molar-refractivity contribution >= 4 is 18.1 Å². The zero-order chi connectivity index (χ0) is 11.4. The average Bonchev–Trinajstić information content (AvgIpc) is 2.48. The molecule has 0 saturated carbocycles. The minimum atomic E-state index is -2.64. The summed E-state index contributed by atoms with van der Waals surface area (Å²) in [6, 6.07) is 1.13. The number of aliphatic imine (C=N–C) groups is 2. The van der Waals surface area contributed by atoms with Crippen molar-refractivity contribution in [3.8, 4) is 0 Å². The van der Waals surface area contributed by atoms with Crippen LogP contribution in [0.4, 0.5) is 14.6 Å². The van der Waals surface area contributed by atoms with Gasteiger partial charge in [0.05, 0.1) is 6.34 Å². The fourth-order valence-electron chi connectivity index (χ4n) is 0.913. The number of aromatic nitrogens is 2. The molecular formula is C7H10F2N6. The van der Waals surface area contributed by atoms with Crippen LogP contribution in [0.25, 0.3) is 0 Å². The molecule has 0 spiro atoms. The first-order chi connectivity index (χ1) is 7.04. The highest BCUT2D eigenvalue weighted by Crippen LogP contribution is 2.21. The summed E-state index contributed by atoms with van der Waals surface area (Å²) in [5, 5.41) is 3.54. The van der Waals surface area contributed by atoms with Crippen LogP contribution in [0.5, 0.6) is 0 Å². The zero-order valence-electron chi connectivity index (χ0n) is 7.93. The molecule has 0 fully saturated rings. The Labute approximate surface area is 84.3 Å². The van der Waals surface area contributed by atoms with Crippen molar-refractivity contribution in [1.82, 2.24) is 9.78 Å². The third kappa shape index (κ3) is 2.73. The van der Waals surface area contributed by atoms with Crippen molar-refractivity contribution in [2.45, 2.75) is 6.43 Å². The summed E-state index contributed by atoms with van der Waals surface area (Å²) >= 11 is 0. The Bertz CT molecular complexity index is 394. The minimum absolute atomic E-state index is 0.124. The molecule has 4 N–H and O–H groups in total. The zero-order valence-corrected chi connectivity index (χ0v) is 7.93. The normalized spacial score (nSPS) is 12.9.